The largest absolute Gasteiger partial charge is 0.491 e. The minimum atomic E-state index is -0.0886. The highest BCUT2D eigenvalue weighted by Gasteiger charge is 2.31. The fourth-order valence-corrected chi connectivity index (χ4v) is 4.34. The van der Waals surface area contributed by atoms with Crippen LogP contribution in [0.5, 0.6) is 11.5 Å². The van der Waals surface area contributed by atoms with E-state index in [1.807, 2.05) is 23.9 Å². The highest BCUT2D eigenvalue weighted by atomic mass is 16.6. The first-order valence-corrected chi connectivity index (χ1v) is 12.8. The SMILES string of the molecule is Cn1nc(-c2cc(C(C)(C)C)c(OCC3CO3)c(C(C)(C)C)c2)cc1-c1ccc(OCC2CO2)cc1. The molecule has 5 rings (SSSR count). The van der Waals surface area contributed by atoms with Crippen molar-refractivity contribution < 1.29 is 18.9 Å². The van der Waals surface area contributed by atoms with Crippen LogP contribution < -0.4 is 9.47 Å². The average molecular weight is 491 g/mol. The van der Waals surface area contributed by atoms with Crippen molar-refractivity contribution in [1.29, 1.82) is 0 Å². The van der Waals surface area contributed by atoms with Crippen molar-refractivity contribution in [3.8, 4) is 34.0 Å². The summed E-state index contributed by atoms with van der Waals surface area (Å²) in [7, 11) is 2.00. The summed E-state index contributed by atoms with van der Waals surface area (Å²) in [4.78, 5) is 0. The first-order valence-electron chi connectivity index (χ1n) is 12.8. The summed E-state index contributed by atoms with van der Waals surface area (Å²) in [5, 5.41) is 4.92. The molecular formula is C30H38N2O4. The maximum absolute atomic E-state index is 6.41. The Labute approximate surface area is 214 Å². The number of epoxide rings is 2. The van der Waals surface area contributed by atoms with Gasteiger partial charge in [0.25, 0.3) is 0 Å². The van der Waals surface area contributed by atoms with Gasteiger partial charge in [0.2, 0.25) is 0 Å². The minimum Gasteiger partial charge on any atom is -0.491 e. The molecule has 3 aromatic rings. The summed E-state index contributed by atoms with van der Waals surface area (Å²) in [6.45, 7) is 16.2. The zero-order valence-corrected chi connectivity index (χ0v) is 22.6. The quantitative estimate of drug-likeness (QED) is 0.368. The van der Waals surface area contributed by atoms with Crippen LogP contribution in [0.25, 0.3) is 22.5 Å². The van der Waals surface area contributed by atoms with Crippen LogP contribution in [-0.2, 0) is 27.4 Å². The molecule has 2 unspecified atom stereocenters. The van der Waals surface area contributed by atoms with E-state index in [1.165, 1.54) is 11.1 Å². The molecule has 0 radical (unpaired) electrons. The number of hydrogen-bond donors (Lipinski definition) is 0. The molecular weight excluding hydrogens is 452 g/mol. The van der Waals surface area contributed by atoms with Crippen LogP contribution in [0, 0.1) is 0 Å². The van der Waals surface area contributed by atoms with Crippen LogP contribution in [0.1, 0.15) is 52.7 Å². The molecule has 2 aliphatic heterocycles. The van der Waals surface area contributed by atoms with Gasteiger partial charge in [-0.1, -0.05) is 41.5 Å². The van der Waals surface area contributed by atoms with Gasteiger partial charge in [-0.2, -0.15) is 5.10 Å². The van der Waals surface area contributed by atoms with E-state index in [2.05, 4.69) is 71.9 Å². The van der Waals surface area contributed by atoms with Crippen LogP contribution >= 0.6 is 0 Å². The lowest BCUT2D eigenvalue weighted by Gasteiger charge is -2.30. The summed E-state index contributed by atoms with van der Waals surface area (Å²) in [5.41, 5.74) is 6.42. The summed E-state index contributed by atoms with van der Waals surface area (Å²) in [6.07, 6.45) is 0.460. The van der Waals surface area contributed by atoms with Gasteiger partial charge in [-0.05, 0) is 53.3 Å². The van der Waals surface area contributed by atoms with Crippen molar-refractivity contribution in [3.05, 3.63) is 53.6 Å². The second-order valence-electron chi connectivity index (χ2n) is 12.0. The molecule has 0 N–H and O–H groups in total. The average Bonchev–Trinajstić information content (AvgIpc) is 3.74. The Morgan fingerprint density at radius 1 is 0.806 bits per heavy atom. The third-order valence-corrected chi connectivity index (χ3v) is 6.68. The third-order valence-electron chi connectivity index (χ3n) is 6.68. The number of ether oxygens (including phenoxy) is 4. The molecule has 0 aliphatic carbocycles. The molecule has 2 atom stereocenters. The molecule has 36 heavy (non-hydrogen) atoms. The lowest BCUT2D eigenvalue weighted by Crippen LogP contribution is -2.21. The first-order chi connectivity index (χ1) is 17.0. The maximum Gasteiger partial charge on any atom is 0.126 e. The Bertz CT molecular complexity index is 1190. The fraction of sp³-hybridized carbons (Fsp3) is 0.500. The van der Waals surface area contributed by atoms with Gasteiger partial charge in [-0.25, -0.2) is 0 Å². The lowest BCUT2D eigenvalue weighted by atomic mass is 9.78. The van der Waals surface area contributed by atoms with E-state index in [0.29, 0.717) is 13.2 Å². The lowest BCUT2D eigenvalue weighted by molar-refractivity contribution is 0.253. The van der Waals surface area contributed by atoms with Gasteiger partial charge in [0.15, 0.2) is 0 Å². The molecule has 6 nitrogen and oxygen atoms in total. The second kappa shape index (κ2) is 9.24. The van der Waals surface area contributed by atoms with Crippen LogP contribution in [0.15, 0.2) is 42.5 Å². The molecule has 3 heterocycles. The molecule has 0 spiro atoms. The Morgan fingerprint density at radius 2 is 1.33 bits per heavy atom. The number of benzene rings is 2. The normalized spacial score (nSPS) is 19.3. The van der Waals surface area contributed by atoms with Gasteiger partial charge >= 0.3 is 0 Å². The third kappa shape index (κ3) is 5.60. The van der Waals surface area contributed by atoms with Crippen molar-refractivity contribution in [2.75, 3.05) is 26.4 Å². The zero-order valence-electron chi connectivity index (χ0n) is 22.6. The Hall–Kier alpha value is -2.83. The van der Waals surface area contributed by atoms with Crippen molar-refractivity contribution in [2.45, 2.75) is 64.6 Å². The van der Waals surface area contributed by atoms with Crippen LogP contribution in [0.3, 0.4) is 0 Å². The Balaban J connectivity index is 1.50. The standard InChI is InChI=1S/C30H38N2O4/c1-29(2,3)24-12-20(13-25(30(4,5)6)28(24)36-18-23-17-35-23)26-14-27(32(7)31-26)19-8-10-21(11-9-19)33-15-22-16-34-22/h8-14,22-23H,15-18H2,1-7H3. The molecule has 0 bridgehead atoms. The van der Waals surface area contributed by atoms with E-state index < -0.39 is 0 Å². The Morgan fingerprint density at radius 3 is 1.83 bits per heavy atom. The predicted molar refractivity (Wildman–Crippen MR) is 142 cm³/mol. The summed E-state index contributed by atoms with van der Waals surface area (Å²) >= 11 is 0. The maximum atomic E-state index is 6.41. The van der Waals surface area contributed by atoms with Crippen molar-refractivity contribution in [3.63, 3.8) is 0 Å². The topological polar surface area (TPSA) is 61.3 Å². The highest BCUT2D eigenvalue weighted by molar-refractivity contribution is 5.72. The smallest absolute Gasteiger partial charge is 0.126 e. The van der Waals surface area contributed by atoms with Crippen molar-refractivity contribution in [2.24, 2.45) is 7.05 Å². The van der Waals surface area contributed by atoms with Crippen LogP contribution in [0.4, 0.5) is 0 Å². The number of rotatable bonds is 8. The predicted octanol–water partition coefficient (Wildman–Crippen LogP) is 5.90. The van der Waals surface area contributed by atoms with E-state index in [4.69, 9.17) is 24.0 Å². The minimum absolute atomic E-state index is 0.0886. The van der Waals surface area contributed by atoms with Gasteiger partial charge in [0, 0.05) is 29.3 Å². The van der Waals surface area contributed by atoms with E-state index >= 15 is 0 Å². The molecule has 2 saturated heterocycles. The van der Waals surface area contributed by atoms with Crippen LogP contribution in [0.2, 0.25) is 0 Å². The van der Waals surface area contributed by atoms with Gasteiger partial charge in [0.1, 0.15) is 36.9 Å². The molecule has 2 fully saturated rings. The molecule has 2 aliphatic rings. The van der Waals surface area contributed by atoms with Crippen molar-refractivity contribution >= 4 is 0 Å². The molecule has 0 amide bonds. The summed E-state index contributed by atoms with van der Waals surface area (Å²) in [5.74, 6) is 1.84. The highest BCUT2D eigenvalue weighted by Crippen LogP contribution is 2.43. The van der Waals surface area contributed by atoms with E-state index in [-0.39, 0.29) is 23.0 Å². The number of hydrogen-bond acceptors (Lipinski definition) is 5. The van der Waals surface area contributed by atoms with Crippen LogP contribution in [-0.4, -0.2) is 48.4 Å². The van der Waals surface area contributed by atoms with Gasteiger partial charge < -0.3 is 18.9 Å². The van der Waals surface area contributed by atoms with Gasteiger partial charge in [-0.15, -0.1) is 0 Å². The van der Waals surface area contributed by atoms with Gasteiger partial charge in [0.05, 0.1) is 24.6 Å². The molecule has 0 saturated carbocycles. The summed E-state index contributed by atoms with van der Waals surface area (Å²) in [6, 6.07) is 14.9. The number of aromatic nitrogens is 2. The van der Waals surface area contributed by atoms with Crippen molar-refractivity contribution in [1.82, 2.24) is 9.78 Å². The molecule has 2 aromatic carbocycles. The summed E-state index contributed by atoms with van der Waals surface area (Å²) < 4.78 is 24.8. The number of nitrogens with zero attached hydrogens (tertiary/aromatic N) is 2. The first kappa shape index (κ1) is 24.8. The van der Waals surface area contributed by atoms with E-state index in [9.17, 15) is 0 Å². The second-order valence-corrected chi connectivity index (χ2v) is 12.0. The Kier molecular flexibility index (Phi) is 6.38. The molecule has 192 valence electrons. The fourth-order valence-electron chi connectivity index (χ4n) is 4.34. The zero-order chi connectivity index (χ0) is 25.7. The van der Waals surface area contributed by atoms with E-state index in [0.717, 1.165) is 47.2 Å². The van der Waals surface area contributed by atoms with Gasteiger partial charge in [-0.3, -0.25) is 4.68 Å². The van der Waals surface area contributed by atoms with E-state index in [1.54, 1.807) is 0 Å². The molecule has 6 heteroatoms. The molecule has 1 aromatic heterocycles. The number of aryl methyl sites for hydroxylation is 1. The monoisotopic (exact) mass is 490 g/mol.